The number of rotatable bonds is 10. The minimum absolute atomic E-state index is 0.0744. The zero-order valence-electron chi connectivity index (χ0n) is 27.0. The molecule has 17 nitrogen and oxygen atoms in total. The molecule has 0 spiro atoms. The second-order valence-electron chi connectivity index (χ2n) is 11.5. The molecule has 280 valence electrons. The molecular formula is C33H26N4O13S4. The van der Waals surface area contributed by atoms with Gasteiger partial charge in [-0.25, -0.2) is 21.6 Å². The van der Waals surface area contributed by atoms with E-state index in [1.165, 1.54) is 72.8 Å². The average molecular weight is 815 g/mol. The van der Waals surface area contributed by atoms with Crippen molar-refractivity contribution in [2.45, 2.75) is 19.6 Å². The Labute approximate surface area is 307 Å². The van der Waals surface area contributed by atoms with Crippen LogP contribution >= 0.6 is 0 Å². The summed E-state index contributed by atoms with van der Waals surface area (Å²) in [5.41, 5.74) is -0.0282. The smallest absolute Gasteiger partial charge is 0.323 e. The number of anilines is 4. The molecule has 0 aliphatic rings. The molecule has 0 aliphatic heterocycles. The Balaban J connectivity index is 1.13. The zero-order valence-corrected chi connectivity index (χ0v) is 30.3. The van der Waals surface area contributed by atoms with Crippen LogP contribution in [0.1, 0.15) is 0 Å². The van der Waals surface area contributed by atoms with E-state index in [0.717, 1.165) is 36.4 Å². The van der Waals surface area contributed by atoms with Gasteiger partial charge in [0, 0.05) is 45.1 Å². The Hall–Kier alpha value is -5.97. The third kappa shape index (κ3) is 8.00. The van der Waals surface area contributed by atoms with Crippen LogP contribution in [-0.2, 0) is 40.3 Å². The fourth-order valence-electron chi connectivity index (χ4n) is 5.44. The quantitative estimate of drug-likeness (QED) is 0.0833. The number of urea groups is 1. The number of amides is 2. The molecule has 0 saturated carbocycles. The number of fused-ring (bicyclic) bond motifs is 2. The molecule has 54 heavy (non-hydrogen) atoms. The maximum atomic E-state index is 13.2. The maximum Gasteiger partial charge on any atom is 0.323 e. The first-order valence-corrected chi connectivity index (χ1v) is 20.9. The molecule has 6 rings (SSSR count). The number of hydrogen-bond acceptors (Lipinski definition) is 11. The number of hydrogen-bond donors (Lipinski definition) is 8. The highest BCUT2D eigenvalue weighted by Crippen LogP contribution is 2.36. The molecule has 0 aliphatic carbocycles. The highest BCUT2D eigenvalue weighted by Gasteiger charge is 2.22. The number of benzene rings is 6. The van der Waals surface area contributed by atoms with Crippen LogP contribution in [0.2, 0.25) is 0 Å². The number of carbonyl (C=O) groups is 1. The Morgan fingerprint density at radius 2 is 0.815 bits per heavy atom. The third-order valence-corrected chi connectivity index (χ3v) is 12.4. The van der Waals surface area contributed by atoms with Gasteiger partial charge in [0.25, 0.3) is 40.3 Å². The lowest BCUT2D eigenvalue weighted by Gasteiger charge is -2.14. The second-order valence-corrected chi connectivity index (χ2v) is 17.6. The molecular weight excluding hydrogens is 789 g/mol. The second kappa shape index (κ2) is 13.8. The van der Waals surface area contributed by atoms with Gasteiger partial charge in [0.15, 0.2) is 0 Å². The van der Waals surface area contributed by atoms with E-state index in [4.69, 9.17) is 0 Å². The molecule has 0 radical (unpaired) electrons. The Bertz CT molecular complexity index is 2740. The standard InChI is InChI=1S/C33H26N4O13S4/c38-21-15-27-25(3-1-5-31(27)53(45,46)47)29(17-21)36-51(41,42)23-11-7-19(8-12-23)34-33(40)35-20-9-13-24(14-10-20)52(43,44)37-30-18-22(39)16-28-26(30)4-2-6-32(28)54(48,49)50/h1-18,36-39H,(H2,34,35,40)(H,45,46,47)(H,48,49,50). The van der Waals surface area contributed by atoms with Gasteiger partial charge in [-0.15, -0.1) is 0 Å². The molecule has 6 aromatic carbocycles. The molecule has 0 fully saturated rings. The predicted molar refractivity (Wildman–Crippen MR) is 198 cm³/mol. The molecule has 21 heteroatoms. The molecule has 2 amide bonds. The van der Waals surface area contributed by atoms with Crippen molar-refractivity contribution in [2.75, 3.05) is 20.1 Å². The van der Waals surface area contributed by atoms with Crippen LogP contribution in [0.5, 0.6) is 11.5 Å². The molecule has 0 saturated heterocycles. The fourth-order valence-corrected chi connectivity index (χ4v) is 8.98. The van der Waals surface area contributed by atoms with Crippen molar-refractivity contribution >= 4 is 90.6 Å². The van der Waals surface area contributed by atoms with Crippen LogP contribution in [0.4, 0.5) is 27.5 Å². The molecule has 6 aromatic rings. The van der Waals surface area contributed by atoms with Crippen LogP contribution in [0.15, 0.2) is 129 Å². The molecule has 0 unspecified atom stereocenters. The highest BCUT2D eigenvalue weighted by molar-refractivity contribution is 7.93. The van der Waals surface area contributed by atoms with Crippen LogP contribution in [0.25, 0.3) is 21.5 Å². The summed E-state index contributed by atoms with van der Waals surface area (Å²) in [6, 6.07) is 20.8. The first kappa shape index (κ1) is 37.8. The first-order valence-electron chi connectivity index (χ1n) is 15.0. The van der Waals surface area contributed by atoms with Gasteiger partial charge in [-0.2, -0.15) is 16.8 Å². The van der Waals surface area contributed by atoms with Gasteiger partial charge in [0.05, 0.1) is 21.2 Å². The fraction of sp³-hybridized carbons (Fsp3) is 0. The maximum absolute atomic E-state index is 13.2. The zero-order chi connectivity index (χ0) is 39.2. The molecule has 0 atom stereocenters. The lowest BCUT2D eigenvalue weighted by molar-refractivity contribution is 0.262. The van der Waals surface area contributed by atoms with Gasteiger partial charge in [-0.3, -0.25) is 18.5 Å². The van der Waals surface area contributed by atoms with Gasteiger partial charge in [-0.1, -0.05) is 24.3 Å². The molecule has 0 bridgehead atoms. The van der Waals surface area contributed by atoms with E-state index < -0.39 is 67.6 Å². The average Bonchev–Trinajstić information content (AvgIpc) is 3.07. The van der Waals surface area contributed by atoms with Crippen molar-refractivity contribution in [3.05, 3.63) is 109 Å². The van der Waals surface area contributed by atoms with Crippen LogP contribution in [-0.4, -0.2) is 59.0 Å². The number of sulfonamides is 2. The topological polar surface area (TPSA) is 283 Å². The van der Waals surface area contributed by atoms with Crippen LogP contribution in [0, 0.1) is 0 Å². The summed E-state index contributed by atoms with van der Waals surface area (Å²) in [7, 11) is -18.1. The molecule has 0 aromatic heterocycles. The predicted octanol–water partition coefficient (Wildman–Crippen LogP) is 5.14. The number of aromatic hydroxyl groups is 2. The summed E-state index contributed by atoms with van der Waals surface area (Å²) < 4.78 is 124. The summed E-state index contributed by atoms with van der Waals surface area (Å²) in [6.45, 7) is 0. The van der Waals surface area contributed by atoms with Gasteiger partial charge in [0.2, 0.25) is 0 Å². The summed E-state index contributed by atoms with van der Waals surface area (Å²) >= 11 is 0. The van der Waals surface area contributed by atoms with Crippen molar-refractivity contribution in [1.82, 2.24) is 0 Å². The lowest BCUT2D eigenvalue weighted by Crippen LogP contribution is -2.20. The van der Waals surface area contributed by atoms with E-state index in [0.29, 0.717) is 0 Å². The Kier molecular flexibility index (Phi) is 9.64. The number of phenols is 2. The summed E-state index contributed by atoms with van der Waals surface area (Å²) in [6.07, 6.45) is 0. The third-order valence-electron chi connectivity index (χ3n) is 7.77. The minimum atomic E-state index is -4.71. The van der Waals surface area contributed by atoms with Crippen molar-refractivity contribution < 1.29 is 57.8 Å². The van der Waals surface area contributed by atoms with E-state index in [1.54, 1.807) is 0 Å². The lowest BCUT2D eigenvalue weighted by atomic mass is 10.1. The molecule has 0 heterocycles. The SMILES string of the molecule is O=C(Nc1ccc(S(=O)(=O)Nc2cc(O)cc3c(S(=O)(=O)O)cccc23)cc1)Nc1ccc(S(=O)(=O)Nc2cc(O)cc3c(S(=O)(=O)O)cccc23)cc1. The van der Waals surface area contributed by atoms with Gasteiger partial charge < -0.3 is 20.8 Å². The highest BCUT2D eigenvalue weighted by atomic mass is 32.2. The monoisotopic (exact) mass is 814 g/mol. The Morgan fingerprint density at radius 1 is 0.463 bits per heavy atom. The first-order chi connectivity index (χ1) is 25.2. The van der Waals surface area contributed by atoms with Gasteiger partial charge in [-0.05, 0) is 72.8 Å². The van der Waals surface area contributed by atoms with Crippen molar-refractivity contribution in [3.8, 4) is 11.5 Å². The number of phenolic OH excluding ortho intramolecular Hbond substituents is 2. The molecule has 8 N–H and O–H groups in total. The summed E-state index contributed by atoms with van der Waals surface area (Å²) in [4.78, 5) is 11.1. The van der Waals surface area contributed by atoms with E-state index >= 15 is 0 Å². The van der Waals surface area contributed by atoms with Crippen LogP contribution in [0.3, 0.4) is 0 Å². The van der Waals surface area contributed by atoms with Crippen molar-refractivity contribution in [1.29, 1.82) is 0 Å². The number of carbonyl (C=O) groups excluding carboxylic acids is 1. The van der Waals surface area contributed by atoms with Crippen molar-refractivity contribution in [2.24, 2.45) is 0 Å². The van der Waals surface area contributed by atoms with E-state index in [1.807, 2.05) is 0 Å². The largest absolute Gasteiger partial charge is 0.508 e. The normalized spacial score (nSPS) is 12.3. The van der Waals surface area contributed by atoms with E-state index in [2.05, 4.69) is 20.1 Å². The van der Waals surface area contributed by atoms with Gasteiger partial charge >= 0.3 is 6.03 Å². The number of nitrogens with one attached hydrogen (secondary N) is 4. The Morgan fingerprint density at radius 3 is 1.15 bits per heavy atom. The summed E-state index contributed by atoms with van der Waals surface area (Å²) in [5.74, 6) is -0.952. The summed E-state index contributed by atoms with van der Waals surface area (Å²) in [5, 5.41) is 25.2. The van der Waals surface area contributed by atoms with Crippen LogP contribution < -0.4 is 20.1 Å². The minimum Gasteiger partial charge on any atom is -0.508 e. The van der Waals surface area contributed by atoms with E-state index in [-0.39, 0.29) is 54.1 Å². The van der Waals surface area contributed by atoms with Gasteiger partial charge in [0.1, 0.15) is 21.3 Å². The van der Waals surface area contributed by atoms with E-state index in [9.17, 15) is 57.8 Å². The van der Waals surface area contributed by atoms with Crippen molar-refractivity contribution in [3.63, 3.8) is 0 Å².